The van der Waals surface area contributed by atoms with Crippen molar-refractivity contribution < 1.29 is 4.74 Å². The van der Waals surface area contributed by atoms with E-state index in [-0.39, 0.29) is 6.10 Å². The highest BCUT2D eigenvalue weighted by molar-refractivity contribution is 7.09. The molecule has 1 aromatic rings. The van der Waals surface area contributed by atoms with Crippen LogP contribution in [-0.4, -0.2) is 24.7 Å². The van der Waals surface area contributed by atoms with Crippen molar-refractivity contribution in [2.24, 2.45) is 0 Å². The number of ether oxygens (including phenoxy) is 1. The first-order valence-electron chi connectivity index (χ1n) is 6.66. The molecule has 1 fully saturated rings. The highest BCUT2D eigenvalue weighted by Crippen LogP contribution is 2.23. The smallest absolute Gasteiger partial charge is 0.123 e. The van der Waals surface area contributed by atoms with E-state index in [9.17, 15) is 0 Å². The number of rotatable bonds is 6. The molecule has 1 atom stereocenters. The van der Waals surface area contributed by atoms with Crippen LogP contribution in [0.5, 0.6) is 0 Å². The minimum absolute atomic E-state index is 0.179. The van der Waals surface area contributed by atoms with Crippen molar-refractivity contribution in [1.82, 2.24) is 10.3 Å². The predicted octanol–water partition coefficient (Wildman–Crippen LogP) is 2.93. The summed E-state index contributed by atoms with van der Waals surface area (Å²) in [4.78, 5) is 4.69. The predicted molar refractivity (Wildman–Crippen MR) is 71.5 cm³/mol. The fourth-order valence-corrected chi connectivity index (χ4v) is 2.94. The molecule has 0 bridgehead atoms. The average Bonchev–Trinajstić information content (AvgIpc) is 2.85. The Morgan fingerprint density at radius 3 is 3.18 bits per heavy atom. The standard InChI is InChI=1S/C13H22N2OS/c1-2-3-4-5-6-11-10-17-13(15-11)12-9-14-7-8-16-12/h10,12,14H,2-9H2,1H3. The first-order valence-corrected chi connectivity index (χ1v) is 7.54. The summed E-state index contributed by atoms with van der Waals surface area (Å²) in [6.45, 7) is 4.92. The van der Waals surface area contributed by atoms with E-state index in [0.717, 1.165) is 31.1 Å². The van der Waals surface area contributed by atoms with E-state index in [1.54, 1.807) is 11.3 Å². The van der Waals surface area contributed by atoms with Crippen molar-refractivity contribution in [3.8, 4) is 0 Å². The van der Waals surface area contributed by atoms with Gasteiger partial charge in [-0.25, -0.2) is 4.98 Å². The Labute approximate surface area is 108 Å². The highest BCUT2D eigenvalue weighted by Gasteiger charge is 2.18. The van der Waals surface area contributed by atoms with Crippen molar-refractivity contribution in [3.05, 3.63) is 16.1 Å². The zero-order chi connectivity index (χ0) is 11.9. The lowest BCUT2D eigenvalue weighted by molar-refractivity contribution is 0.0275. The summed E-state index contributed by atoms with van der Waals surface area (Å²) in [7, 11) is 0. The second-order valence-corrected chi connectivity index (χ2v) is 5.44. The van der Waals surface area contributed by atoms with Crippen molar-refractivity contribution in [3.63, 3.8) is 0 Å². The third-order valence-electron chi connectivity index (χ3n) is 3.06. The summed E-state index contributed by atoms with van der Waals surface area (Å²) in [5.74, 6) is 0. The molecule has 1 aliphatic rings. The monoisotopic (exact) mass is 254 g/mol. The van der Waals surface area contributed by atoms with Gasteiger partial charge in [-0.05, 0) is 12.8 Å². The van der Waals surface area contributed by atoms with Gasteiger partial charge in [0.2, 0.25) is 0 Å². The van der Waals surface area contributed by atoms with E-state index in [4.69, 9.17) is 4.74 Å². The lowest BCUT2D eigenvalue weighted by Gasteiger charge is -2.21. The fourth-order valence-electron chi connectivity index (χ4n) is 2.04. The number of nitrogens with zero attached hydrogens (tertiary/aromatic N) is 1. The summed E-state index contributed by atoms with van der Waals surface area (Å²) in [5.41, 5.74) is 1.25. The van der Waals surface area contributed by atoms with Crippen molar-refractivity contribution >= 4 is 11.3 Å². The van der Waals surface area contributed by atoms with Crippen LogP contribution in [0.3, 0.4) is 0 Å². The van der Waals surface area contributed by atoms with Crippen LogP contribution in [-0.2, 0) is 11.2 Å². The molecular weight excluding hydrogens is 232 g/mol. The molecule has 4 heteroatoms. The minimum Gasteiger partial charge on any atom is -0.368 e. The summed E-state index contributed by atoms with van der Waals surface area (Å²) in [5, 5.41) is 6.68. The van der Waals surface area contributed by atoms with Crippen LogP contribution in [0.2, 0.25) is 0 Å². The van der Waals surface area contributed by atoms with Crippen LogP contribution < -0.4 is 5.32 Å². The Morgan fingerprint density at radius 2 is 2.41 bits per heavy atom. The largest absolute Gasteiger partial charge is 0.368 e. The lowest BCUT2D eigenvalue weighted by Crippen LogP contribution is -2.33. The summed E-state index contributed by atoms with van der Waals surface area (Å²) >= 11 is 1.74. The van der Waals surface area contributed by atoms with Gasteiger partial charge >= 0.3 is 0 Å². The van der Waals surface area contributed by atoms with Gasteiger partial charge in [0.05, 0.1) is 12.3 Å². The normalized spacial score (nSPS) is 20.6. The number of unbranched alkanes of at least 4 members (excludes halogenated alkanes) is 3. The summed E-state index contributed by atoms with van der Waals surface area (Å²) in [6.07, 6.45) is 6.52. The van der Waals surface area contributed by atoms with Gasteiger partial charge in [0.25, 0.3) is 0 Å². The molecule has 1 unspecified atom stereocenters. The topological polar surface area (TPSA) is 34.1 Å². The molecule has 0 spiro atoms. The number of aryl methyl sites for hydroxylation is 1. The molecule has 1 N–H and O–H groups in total. The van der Waals surface area contributed by atoms with Crippen LogP contribution in [0.15, 0.2) is 5.38 Å². The van der Waals surface area contributed by atoms with E-state index in [1.807, 2.05) is 0 Å². The van der Waals surface area contributed by atoms with Gasteiger partial charge in [0, 0.05) is 18.5 Å². The number of thiazole rings is 1. The van der Waals surface area contributed by atoms with Crippen LogP contribution in [0, 0.1) is 0 Å². The highest BCUT2D eigenvalue weighted by atomic mass is 32.1. The number of morpholine rings is 1. The Kier molecular flexibility index (Phi) is 5.42. The first kappa shape index (κ1) is 13.0. The molecule has 96 valence electrons. The van der Waals surface area contributed by atoms with E-state index >= 15 is 0 Å². The van der Waals surface area contributed by atoms with E-state index < -0.39 is 0 Å². The molecule has 0 saturated carbocycles. The van der Waals surface area contributed by atoms with E-state index in [2.05, 4.69) is 22.6 Å². The SMILES string of the molecule is CCCCCCc1csc(C2CNCCO2)n1. The number of hydrogen-bond donors (Lipinski definition) is 1. The molecule has 3 nitrogen and oxygen atoms in total. The molecule has 0 amide bonds. The number of nitrogens with one attached hydrogen (secondary N) is 1. The molecular formula is C13H22N2OS. The molecule has 2 heterocycles. The maximum atomic E-state index is 5.71. The molecule has 0 radical (unpaired) electrons. The van der Waals surface area contributed by atoms with Crippen molar-refractivity contribution in [2.45, 2.75) is 45.1 Å². The van der Waals surface area contributed by atoms with Gasteiger partial charge < -0.3 is 10.1 Å². The number of hydrogen-bond acceptors (Lipinski definition) is 4. The molecule has 2 rings (SSSR count). The maximum absolute atomic E-state index is 5.71. The Balaban J connectivity index is 1.78. The molecule has 1 aliphatic heterocycles. The second-order valence-electron chi connectivity index (χ2n) is 4.55. The van der Waals surface area contributed by atoms with Crippen LogP contribution in [0.25, 0.3) is 0 Å². The van der Waals surface area contributed by atoms with E-state index in [0.29, 0.717) is 0 Å². The fraction of sp³-hybridized carbons (Fsp3) is 0.769. The van der Waals surface area contributed by atoms with Crippen LogP contribution in [0.4, 0.5) is 0 Å². The molecule has 0 aromatic carbocycles. The molecule has 0 aliphatic carbocycles. The zero-order valence-corrected chi connectivity index (χ0v) is 11.4. The van der Waals surface area contributed by atoms with Gasteiger partial charge in [-0.2, -0.15) is 0 Å². The Hall–Kier alpha value is -0.450. The summed E-state index contributed by atoms with van der Waals surface area (Å²) < 4.78 is 5.71. The van der Waals surface area contributed by atoms with Gasteiger partial charge in [0.15, 0.2) is 0 Å². The Morgan fingerprint density at radius 1 is 1.47 bits per heavy atom. The first-order chi connectivity index (χ1) is 8.40. The molecule has 1 saturated heterocycles. The zero-order valence-electron chi connectivity index (χ0n) is 10.6. The van der Waals surface area contributed by atoms with Gasteiger partial charge in [0.1, 0.15) is 11.1 Å². The maximum Gasteiger partial charge on any atom is 0.123 e. The van der Waals surface area contributed by atoms with Gasteiger partial charge in [-0.15, -0.1) is 11.3 Å². The van der Waals surface area contributed by atoms with Crippen LogP contribution >= 0.6 is 11.3 Å². The van der Waals surface area contributed by atoms with Crippen molar-refractivity contribution in [2.75, 3.05) is 19.7 Å². The van der Waals surface area contributed by atoms with Crippen LogP contribution in [0.1, 0.15) is 49.4 Å². The Bertz CT molecular complexity index is 321. The second kappa shape index (κ2) is 7.09. The molecule has 17 heavy (non-hydrogen) atoms. The van der Waals surface area contributed by atoms with Gasteiger partial charge in [-0.1, -0.05) is 26.2 Å². The quantitative estimate of drug-likeness (QED) is 0.793. The van der Waals surface area contributed by atoms with Crippen molar-refractivity contribution in [1.29, 1.82) is 0 Å². The minimum atomic E-state index is 0.179. The van der Waals surface area contributed by atoms with E-state index in [1.165, 1.54) is 31.4 Å². The van der Waals surface area contributed by atoms with Gasteiger partial charge in [-0.3, -0.25) is 0 Å². The summed E-state index contributed by atoms with van der Waals surface area (Å²) in [6, 6.07) is 0. The molecule has 1 aromatic heterocycles. The average molecular weight is 254 g/mol. The third-order valence-corrected chi connectivity index (χ3v) is 4.04. The third kappa shape index (κ3) is 4.05. The number of aromatic nitrogens is 1. The lowest BCUT2D eigenvalue weighted by atomic mass is 10.1.